The molecule has 0 bridgehead atoms. The Hall–Kier alpha value is -1.80. The van der Waals surface area contributed by atoms with Gasteiger partial charge in [-0.1, -0.05) is 13.8 Å². The molecule has 5 nitrogen and oxygen atoms in total. The summed E-state index contributed by atoms with van der Waals surface area (Å²) in [6, 6.07) is 3.58. The summed E-state index contributed by atoms with van der Waals surface area (Å²) < 4.78 is 0. The van der Waals surface area contributed by atoms with Crippen LogP contribution in [0.2, 0.25) is 0 Å². The molecule has 0 saturated heterocycles. The van der Waals surface area contributed by atoms with Gasteiger partial charge in [0.1, 0.15) is 11.9 Å². The van der Waals surface area contributed by atoms with Crippen LogP contribution in [0.5, 0.6) is 0 Å². The molecule has 1 saturated carbocycles. The minimum Gasteiger partial charge on any atom is -0.396 e. The number of nitriles is 1. The number of nitrogens with two attached hydrogens (primary N) is 1. The van der Waals surface area contributed by atoms with Gasteiger partial charge in [0.25, 0.3) is 0 Å². The topological polar surface area (TPSA) is 95.0 Å². The van der Waals surface area contributed by atoms with Crippen LogP contribution in [-0.2, 0) is 0 Å². The van der Waals surface area contributed by atoms with Gasteiger partial charge in [0.15, 0.2) is 0 Å². The van der Waals surface area contributed by atoms with Crippen molar-refractivity contribution < 1.29 is 5.11 Å². The Kier molecular flexibility index (Phi) is 3.87. The van der Waals surface area contributed by atoms with E-state index in [0.29, 0.717) is 29.0 Å². The smallest absolute Gasteiger partial charge is 0.149 e. The summed E-state index contributed by atoms with van der Waals surface area (Å²) in [7, 11) is 0. The molecule has 108 valence electrons. The highest BCUT2D eigenvalue weighted by Crippen LogP contribution is 2.40. The van der Waals surface area contributed by atoms with Gasteiger partial charge < -0.3 is 16.2 Å². The molecular weight excluding hydrogens is 252 g/mol. The van der Waals surface area contributed by atoms with E-state index in [1.807, 2.05) is 6.07 Å². The Bertz CT molecular complexity index is 523. The van der Waals surface area contributed by atoms with Crippen molar-refractivity contribution in [3.05, 3.63) is 17.8 Å². The first-order valence-corrected chi connectivity index (χ1v) is 6.96. The number of nitrogen functional groups attached to an aromatic ring is 1. The molecule has 0 spiro atoms. The van der Waals surface area contributed by atoms with E-state index in [-0.39, 0.29) is 0 Å². The van der Waals surface area contributed by atoms with Crippen molar-refractivity contribution in [3.8, 4) is 6.07 Å². The molecule has 1 heterocycles. The number of aliphatic hydroxyl groups is 1. The third-order valence-corrected chi connectivity index (χ3v) is 4.17. The zero-order chi connectivity index (χ0) is 14.8. The lowest BCUT2D eigenvalue weighted by molar-refractivity contribution is -0.0145. The second-order valence-electron chi connectivity index (χ2n) is 6.52. The predicted molar refractivity (Wildman–Crippen MR) is 79.1 cm³/mol. The van der Waals surface area contributed by atoms with Gasteiger partial charge in [0.05, 0.1) is 16.9 Å². The van der Waals surface area contributed by atoms with Gasteiger partial charge in [-0.3, -0.25) is 0 Å². The van der Waals surface area contributed by atoms with Gasteiger partial charge in [-0.2, -0.15) is 5.26 Å². The average molecular weight is 274 g/mol. The van der Waals surface area contributed by atoms with E-state index < -0.39 is 5.60 Å². The van der Waals surface area contributed by atoms with Crippen molar-refractivity contribution in [2.24, 2.45) is 5.41 Å². The van der Waals surface area contributed by atoms with Crippen molar-refractivity contribution in [1.29, 1.82) is 5.26 Å². The summed E-state index contributed by atoms with van der Waals surface area (Å²) in [4.78, 5) is 4.12. The summed E-state index contributed by atoms with van der Waals surface area (Å²) >= 11 is 0. The molecule has 5 heteroatoms. The van der Waals surface area contributed by atoms with E-state index in [1.54, 1.807) is 6.07 Å². The average Bonchev–Trinajstić information content (AvgIpc) is 2.41. The van der Waals surface area contributed by atoms with Crippen LogP contribution < -0.4 is 11.1 Å². The van der Waals surface area contributed by atoms with E-state index in [0.717, 1.165) is 25.7 Å². The number of hydrogen-bond donors (Lipinski definition) is 3. The number of hydrogen-bond acceptors (Lipinski definition) is 5. The number of nitrogens with one attached hydrogen (secondary N) is 1. The highest BCUT2D eigenvalue weighted by atomic mass is 16.3. The normalized spacial score (nSPS) is 20.1. The van der Waals surface area contributed by atoms with Crippen molar-refractivity contribution >= 4 is 11.5 Å². The third kappa shape index (κ3) is 3.40. The molecule has 1 aliphatic rings. The maximum atomic E-state index is 10.6. The van der Waals surface area contributed by atoms with Crippen LogP contribution in [0.1, 0.15) is 45.1 Å². The lowest BCUT2D eigenvalue weighted by atomic mass is 9.71. The first kappa shape index (κ1) is 14.6. The molecule has 0 atom stereocenters. The second kappa shape index (κ2) is 5.29. The zero-order valence-corrected chi connectivity index (χ0v) is 12.1. The quantitative estimate of drug-likeness (QED) is 0.786. The van der Waals surface area contributed by atoms with Crippen LogP contribution in [0.15, 0.2) is 12.3 Å². The largest absolute Gasteiger partial charge is 0.396 e. The van der Waals surface area contributed by atoms with Gasteiger partial charge in [0.2, 0.25) is 0 Å². The fourth-order valence-electron chi connectivity index (χ4n) is 2.51. The predicted octanol–water partition coefficient (Wildman–Crippen LogP) is 2.28. The van der Waals surface area contributed by atoms with Crippen molar-refractivity contribution in [2.45, 2.75) is 45.1 Å². The summed E-state index contributed by atoms with van der Waals surface area (Å²) in [5, 5.41) is 22.5. The minimum absolute atomic E-state index is 0.317. The number of anilines is 2. The molecule has 20 heavy (non-hydrogen) atoms. The Morgan fingerprint density at radius 2 is 2.05 bits per heavy atom. The van der Waals surface area contributed by atoms with Crippen molar-refractivity contribution in [3.63, 3.8) is 0 Å². The highest BCUT2D eigenvalue weighted by Gasteiger charge is 2.36. The lowest BCUT2D eigenvalue weighted by Gasteiger charge is -2.40. The molecule has 0 aliphatic heterocycles. The molecule has 1 aromatic heterocycles. The molecule has 1 aliphatic carbocycles. The Balaban J connectivity index is 1.97. The summed E-state index contributed by atoms with van der Waals surface area (Å²) in [6.45, 7) is 4.91. The molecule has 4 N–H and O–H groups in total. The summed E-state index contributed by atoms with van der Waals surface area (Å²) in [6.07, 6.45) is 5.07. The highest BCUT2D eigenvalue weighted by molar-refractivity contribution is 5.63. The Labute approximate surface area is 119 Å². The van der Waals surface area contributed by atoms with Crippen LogP contribution in [0.4, 0.5) is 11.5 Å². The van der Waals surface area contributed by atoms with Crippen LogP contribution in [0, 0.1) is 16.7 Å². The van der Waals surface area contributed by atoms with Crippen molar-refractivity contribution in [1.82, 2.24) is 4.98 Å². The van der Waals surface area contributed by atoms with Crippen molar-refractivity contribution in [2.75, 3.05) is 17.6 Å². The molecule has 0 aromatic carbocycles. The molecule has 1 fully saturated rings. The first-order chi connectivity index (χ1) is 9.34. The van der Waals surface area contributed by atoms with Crippen LogP contribution >= 0.6 is 0 Å². The zero-order valence-electron chi connectivity index (χ0n) is 12.1. The van der Waals surface area contributed by atoms with E-state index in [4.69, 9.17) is 11.0 Å². The standard InChI is InChI=1S/C15H22N4O/c1-14(2)3-5-15(20,6-4-14)10-19-13-12(17)7-11(8-16)9-18-13/h7,9,20H,3-6,10,17H2,1-2H3,(H,18,19). The van der Waals surface area contributed by atoms with E-state index in [9.17, 15) is 5.11 Å². The number of aromatic nitrogens is 1. The molecular formula is C15H22N4O. The maximum Gasteiger partial charge on any atom is 0.149 e. The Morgan fingerprint density at radius 1 is 1.40 bits per heavy atom. The molecule has 0 radical (unpaired) electrons. The van der Waals surface area contributed by atoms with E-state index >= 15 is 0 Å². The number of pyridine rings is 1. The molecule has 2 rings (SSSR count). The van der Waals surface area contributed by atoms with Gasteiger partial charge in [-0.15, -0.1) is 0 Å². The monoisotopic (exact) mass is 274 g/mol. The lowest BCUT2D eigenvalue weighted by Crippen LogP contribution is -2.42. The van der Waals surface area contributed by atoms with Gasteiger partial charge in [-0.05, 0) is 37.2 Å². The maximum absolute atomic E-state index is 10.6. The van der Waals surface area contributed by atoms with Gasteiger partial charge in [-0.25, -0.2) is 4.98 Å². The second-order valence-corrected chi connectivity index (χ2v) is 6.52. The Morgan fingerprint density at radius 3 is 2.60 bits per heavy atom. The van der Waals surface area contributed by atoms with Crippen LogP contribution in [0.25, 0.3) is 0 Å². The van der Waals surface area contributed by atoms with Gasteiger partial charge >= 0.3 is 0 Å². The minimum atomic E-state index is -0.697. The SMILES string of the molecule is CC1(C)CCC(O)(CNc2ncc(C#N)cc2N)CC1. The molecule has 0 unspecified atom stereocenters. The number of nitrogens with zero attached hydrogens (tertiary/aromatic N) is 2. The fraction of sp³-hybridized carbons (Fsp3) is 0.600. The van der Waals surface area contributed by atoms with E-state index in [1.165, 1.54) is 6.20 Å². The number of rotatable bonds is 3. The summed E-state index contributed by atoms with van der Waals surface area (Å²) in [5.41, 5.74) is 6.33. The molecule has 1 aromatic rings. The third-order valence-electron chi connectivity index (χ3n) is 4.17. The summed E-state index contributed by atoms with van der Waals surface area (Å²) in [5.74, 6) is 0.530. The first-order valence-electron chi connectivity index (χ1n) is 6.96. The molecule has 0 amide bonds. The van der Waals surface area contributed by atoms with E-state index in [2.05, 4.69) is 24.1 Å². The van der Waals surface area contributed by atoms with Crippen LogP contribution in [0.3, 0.4) is 0 Å². The van der Waals surface area contributed by atoms with Gasteiger partial charge in [0, 0.05) is 12.7 Å². The van der Waals surface area contributed by atoms with Crippen LogP contribution in [-0.4, -0.2) is 22.2 Å². The fourth-order valence-corrected chi connectivity index (χ4v) is 2.51.